The highest BCUT2D eigenvalue weighted by Crippen LogP contribution is 2.23. The number of rotatable bonds is 5. The normalized spacial score (nSPS) is 9.88. The monoisotopic (exact) mass is 277 g/mol. The van der Waals surface area contributed by atoms with Crippen LogP contribution in [0.2, 0.25) is 5.02 Å². The molecule has 0 spiro atoms. The van der Waals surface area contributed by atoms with Crippen LogP contribution in [0.5, 0.6) is 5.75 Å². The van der Waals surface area contributed by atoms with Crippen molar-refractivity contribution in [2.45, 2.75) is 20.3 Å². The molecule has 17 heavy (non-hydrogen) atoms. The molecule has 1 rings (SSSR count). The highest BCUT2D eigenvalue weighted by Gasteiger charge is 2.08. The molecule has 0 heterocycles. The molecule has 0 aliphatic rings. The lowest BCUT2D eigenvalue weighted by atomic mass is 10.1. The fraction of sp³-hybridized carbons (Fsp3) is 0.417. The molecule has 0 atom stereocenters. The SMILES string of the molecule is CC(C)COc1ccc(Cl)cc1CC(N)=O.Cl. The Morgan fingerprint density at radius 3 is 2.65 bits per heavy atom. The van der Waals surface area contributed by atoms with Crippen LogP contribution in [0.4, 0.5) is 0 Å². The van der Waals surface area contributed by atoms with Crippen molar-refractivity contribution in [1.82, 2.24) is 0 Å². The number of carbonyl (C=O) groups is 1. The molecular formula is C12H17Cl2NO2. The van der Waals surface area contributed by atoms with E-state index in [1.54, 1.807) is 18.2 Å². The molecular weight excluding hydrogens is 261 g/mol. The minimum atomic E-state index is -0.392. The predicted molar refractivity (Wildman–Crippen MR) is 71.9 cm³/mol. The molecule has 1 amide bonds. The van der Waals surface area contributed by atoms with Gasteiger partial charge in [0.15, 0.2) is 0 Å². The van der Waals surface area contributed by atoms with E-state index in [4.69, 9.17) is 22.1 Å². The van der Waals surface area contributed by atoms with E-state index in [0.717, 1.165) is 5.56 Å². The first-order chi connectivity index (χ1) is 7.49. The third kappa shape index (κ3) is 5.80. The Bertz CT molecular complexity index is 381. The number of ether oxygens (including phenoxy) is 1. The van der Waals surface area contributed by atoms with Crippen LogP contribution in [0.15, 0.2) is 18.2 Å². The van der Waals surface area contributed by atoms with Gasteiger partial charge in [-0.3, -0.25) is 4.79 Å². The third-order valence-corrected chi connectivity index (χ3v) is 2.19. The average Bonchev–Trinajstić information content (AvgIpc) is 2.15. The zero-order valence-corrected chi connectivity index (χ0v) is 11.5. The summed E-state index contributed by atoms with van der Waals surface area (Å²) in [4.78, 5) is 10.9. The van der Waals surface area contributed by atoms with Crippen LogP contribution in [0, 0.1) is 5.92 Å². The van der Waals surface area contributed by atoms with Crippen LogP contribution in [0.25, 0.3) is 0 Å². The molecule has 96 valence electrons. The van der Waals surface area contributed by atoms with Gasteiger partial charge in [0.25, 0.3) is 0 Å². The third-order valence-electron chi connectivity index (χ3n) is 1.96. The lowest BCUT2D eigenvalue weighted by molar-refractivity contribution is -0.117. The quantitative estimate of drug-likeness (QED) is 0.900. The molecule has 0 fully saturated rings. The molecule has 0 saturated heterocycles. The van der Waals surface area contributed by atoms with Gasteiger partial charge in [-0.15, -0.1) is 12.4 Å². The van der Waals surface area contributed by atoms with Crippen molar-refractivity contribution in [3.8, 4) is 5.75 Å². The molecule has 1 aromatic rings. The zero-order chi connectivity index (χ0) is 12.1. The molecule has 3 nitrogen and oxygen atoms in total. The highest BCUT2D eigenvalue weighted by atomic mass is 35.5. The summed E-state index contributed by atoms with van der Waals surface area (Å²) in [5, 5.41) is 0.577. The number of hydrogen-bond donors (Lipinski definition) is 1. The van der Waals surface area contributed by atoms with Crippen molar-refractivity contribution in [1.29, 1.82) is 0 Å². The zero-order valence-electron chi connectivity index (χ0n) is 9.90. The molecule has 0 aliphatic heterocycles. The number of nitrogens with two attached hydrogens (primary N) is 1. The summed E-state index contributed by atoms with van der Waals surface area (Å²) >= 11 is 5.86. The van der Waals surface area contributed by atoms with E-state index in [0.29, 0.717) is 23.3 Å². The van der Waals surface area contributed by atoms with E-state index in [9.17, 15) is 4.79 Å². The van der Waals surface area contributed by atoms with E-state index in [-0.39, 0.29) is 18.8 Å². The van der Waals surface area contributed by atoms with Gasteiger partial charge in [0.1, 0.15) is 5.75 Å². The van der Waals surface area contributed by atoms with Crippen LogP contribution >= 0.6 is 24.0 Å². The Kier molecular flexibility index (Phi) is 7.00. The molecule has 2 N–H and O–H groups in total. The van der Waals surface area contributed by atoms with Gasteiger partial charge in [0.05, 0.1) is 13.0 Å². The molecule has 0 aliphatic carbocycles. The number of halogens is 2. The van der Waals surface area contributed by atoms with Crippen LogP contribution in [-0.2, 0) is 11.2 Å². The molecule has 5 heteroatoms. The van der Waals surface area contributed by atoms with Gasteiger partial charge in [0, 0.05) is 10.6 Å². The Labute approximate surface area is 113 Å². The molecule has 1 aromatic carbocycles. The Hall–Kier alpha value is -0.930. The highest BCUT2D eigenvalue weighted by molar-refractivity contribution is 6.30. The summed E-state index contributed by atoms with van der Waals surface area (Å²) in [6, 6.07) is 5.21. The van der Waals surface area contributed by atoms with E-state index >= 15 is 0 Å². The van der Waals surface area contributed by atoms with Crippen molar-refractivity contribution in [3.63, 3.8) is 0 Å². The number of hydrogen-bond acceptors (Lipinski definition) is 2. The van der Waals surface area contributed by atoms with Crippen molar-refractivity contribution in [2.75, 3.05) is 6.61 Å². The van der Waals surface area contributed by atoms with Crippen LogP contribution < -0.4 is 10.5 Å². The Morgan fingerprint density at radius 1 is 1.47 bits per heavy atom. The summed E-state index contributed by atoms with van der Waals surface area (Å²) in [6.45, 7) is 4.72. The van der Waals surface area contributed by atoms with Gasteiger partial charge in [-0.2, -0.15) is 0 Å². The maximum Gasteiger partial charge on any atom is 0.221 e. The lowest BCUT2D eigenvalue weighted by Crippen LogP contribution is -2.15. The standard InChI is InChI=1S/C12H16ClNO2.ClH/c1-8(2)7-16-11-4-3-10(13)5-9(11)6-12(14)15;/h3-5,8H,6-7H2,1-2H3,(H2,14,15);1H. The smallest absolute Gasteiger partial charge is 0.221 e. The van der Waals surface area contributed by atoms with Gasteiger partial charge >= 0.3 is 0 Å². The van der Waals surface area contributed by atoms with Gasteiger partial charge in [-0.1, -0.05) is 25.4 Å². The predicted octanol–water partition coefficient (Wildman–Crippen LogP) is 2.82. The van der Waals surface area contributed by atoms with Crippen LogP contribution in [0.1, 0.15) is 19.4 Å². The van der Waals surface area contributed by atoms with Crippen LogP contribution in [-0.4, -0.2) is 12.5 Å². The lowest BCUT2D eigenvalue weighted by Gasteiger charge is -2.12. The molecule has 0 aromatic heterocycles. The maximum absolute atomic E-state index is 10.9. The van der Waals surface area contributed by atoms with Gasteiger partial charge in [0.2, 0.25) is 5.91 Å². The van der Waals surface area contributed by atoms with Gasteiger partial charge in [-0.25, -0.2) is 0 Å². The van der Waals surface area contributed by atoms with Crippen molar-refractivity contribution < 1.29 is 9.53 Å². The number of benzene rings is 1. The first-order valence-corrected chi connectivity index (χ1v) is 5.56. The van der Waals surface area contributed by atoms with Crippen LogP contribution in [0.3, 0.4) is 0 Å². The minimum Gasteiger partial charge on any atom is -0.493 e. The Balaban J connectivity index is 0.00000256. The second kappa shape index (κ2) is 7.41. The molecule has 0 bridgehead atoms. The largest absolute Gasteiger partial charge is 0.493 e. The summed E-state index contributed by atoms with van der Waals surface area (Å²) < 4.78 is 5.59. The first-order valence-electron chi connectivity index (χ1n) is 5.18. The average molecular weight is 278 g/mol. The van der Waals surface area contributed by atoms with Gasteiger partial charge in [-0.05, 0) is 24.1 Å². The number of amides is 1. The summed E-state index contributed by atoms with van der Waals surface area (Å²) in [6.07, 6.45) is 0.147. The van der Waals surface area contributed by atoms with E-state index in [1.807, 2.05) is 0 Å². The fourth-order valence-electron chi connectivity index (χ4n) is 1.27. The van der Waals surface area contributed by atoms with Gasteiger partial charge < -0.3 is 10.5 Å². The molecule has 0 unspecified atom stereocenters. The van der Waals surface area contributed by atoms with E-state index in [1.165, 1.54) is 0 Å². The first kappa shape index (κ1) is 16.1. The second-order valence-corrected chi connectivity index (χ2v) is 4.54. The van der Waals surface area contributed by atoms with Crippen molar-refractivity contribution in [3.05, 3.63) is 28.8 Å². The fourth-order valence-corrected chi connectivity index (χ4v) is 1.47. The summed E-state index contributed by atoms with van der Waals surface area (Å²) in [7, 11) is 0. The summed E-state index contributed by atoms with van der Waals surface area (Å²) in [5.41, 5.74) is 5.90. The Morgan fingerprint density at radius 2 is 2.12 bits per heavy atom. The molecule has 0 radical (unpaired) electrons. The number of carbonyl (C=O) groups excluding carboxylic acids is 1. The van der Waals surface area contributed by atoms with Crippen molar-refractivity contribution >= 4 is 29.9 Å². The maximum atomic E-state index is 10.9. The summed E-state index contributed by atoms with van der Waals surface area (Å²) in [5.74, 6) is 0.714. The molecule has 0 saturated carbocycles. The second-order valence-electron chi connectivity index (χ2n) is 4.10. The van der Waals surface area contributed by atoms with E-state index in [2.05, 4.69) is 13.8 Å². The topological polar surface area (TPSA) is 52.3 Å². The van der Waals surface area contributed by atoms with Crippen molar-refractivity contribution in [2.24, 2.45) is 11.7 Å². The van der Waals surface area contributed by atoms with E-state index < -0.39 is 5.91 Å². The minimum absolute atomic E-state index is 0. The number of primary amides is 1.